The minimum atomic E-state index is -0.221. The summed E-state index contributed by atoms with van der Waals surface area (Å²) in [5.41, 5.74) is 1.78. The summed E-state index contributed by atoms with van der Waals surface area (Å²) in [4.78, 5) is 14.4. The molecular weight excluding hydrogens is 398 g/mol. The largest absolute Gasteiger partial charge is 0.507 e. The predicted octanol–water partition coefficient (Wildman–Crippen LogP) is 2.60. The number of allylic oxidation sites excluding steroid dienone is 1. The Bertz CT molecular complexity index is 1020. The molecule has 2 aromatic carbocycles. The molecule has 1 saturated heterocycles. The minimum absolute atomic E-state index is 0.162. The van der Waals surface area contributed by atoms with E-state index in [1.807, 2.05) is 0 Å². The average Bonchev–Trinajstić information content (AvgIpc) is 3.11. The van der Waals surface area contributed by atoms with Crippen molar-refractivity contribution in [3.63, 3.8) is 0 Å². The standard InChI is InChI=1S/C24H27NO6/c1-28-19-10-7-15(22(29-2)24(19)30-3)13-20-21(27)16-8-9-18(26)17(23(16)31-20)14-25-11-5-4-6-12-25/h7-10,13,26H,4-6,11-12,14H2,1-3H3/p+1/b20-13-. The number of benzene rings is 2. The normalized spacial score (nSPS) is 17.4. The third-order valence-corrected chi connectivity index (χ3v) is 5.92. The molecule has 2 heterocycles. The number of methoxy groups -OCH3 is 3. The van der Waals surface area contributed by atoms with Gasteiger partial charge in [0.15, 0.2) is 23.0 Å². The Morgan fingerprint density at radius 2 is 1.74 bits per heavy atom. The SMILES string of the molecule is COc1ccc(/C=C2\Oc3c(ccc(O)c3C[NH+]3CCCCC3)C2=O)c(OC)c1OC. The van der Waals surface area contributed by atoms with Crippen molar-refractivity contribution in [2.75, 3.05) is 34.4 Å². The van der Waals surface area contributed by atoms with Crippen LogP contribution in [0.1, 0.15) is 40.7 Å². The molecule has 0 saturated carbocycles. The molecule has 2 aromatic rings. The monoisotopic (exact) mass is 426 g/mol. The number of ether oxygens (including phenoxy) is 4. The van der Waals surface area contributed by atoms with Crippen molar-refractivity contribution in [2.45, 2.75) is 25.8 Å². The molecule has 1 fully saturated rings. The smallest absolute Gasteiger partial charge is 0.231 e. The molecule has 2 N–H and O–H groups in total. The fraction of sp³-hybridized carbons (Fsp3) is 0.375. The Balaban J connectivity index is 1.70. The lowest BCUT2D eigenvalue weighted by Crippen LogP contribution is -3.11. The van der Waals surface area contributed by atoms with Crippen molar-refractivity contribution in [2.24, 2.45) is 0 Å². The number of hydrogen-bond acceptors (Lipinski definition) is 6. The Morgan fingerprint density at radius 3 is 2.42 bits per heavy atom. The van der Waals surface area contributed by atoms with Crippen molar-refractivity contribution >= 4 is 11.9 Å². The van der Waals surface area contributed by atoms with E-state index in [1.165, 1.54) is 38.4 Å². The summed E-state index contributed by atoms with van der Waals surface area (Å²) in [5.74, 6) is 1.99. The highest BCUT2D eigenvalue weighted by molar-refractivity contribution is 6.15. The third kappa shape index (κ3) is 3.93. The molecule has 0 amide bonds. The lowest BCUT2D eigenvalue weighted by Gasteiger charge is -2.24. The van der Waals surface area contributed by atoms with Gasteiger partial charge in [-0.25, -0.2) is 0 Å². The maximum atomic E-state index is 13.1. The molecule has 7 heteroatoms. The number of phenolic OH excluding ortho intramolecular Hbond substituents is 1. The van der Waals surface area contributed by atoms with Gasteiger partial charge in [-0.15, -0.1) is 0 Å². The predicted molar refractivity (Wildman–Crippen MR) is 115 cm³/mol. The van der Waals surface area contributed by atoms with Crippen molar-refractivity contribution in [3.8, 4) is 28.7 Å². The van der Waals surface area contributed by atoms with E-state index in [2.05, 4.69) is 0 Å². The van der Waals surface area contributed by atoms with E-state index in [0.717, 1.165) is 13.1 Å². The van der Waals surface area contributed by atoms with Crippen LogP contribution < -0.4 is 23.8 Å². The number of carbonyl (C=O) groups excluding carboxylic acids is 1. The first-order valence-corrected chi connectivity index (χ1v) is 10.5. The Labute approximate surface area is 181 Å². The number of hydrogen-bond donors (Lipinski definition) is 2. The van der Waals surface area contributed by atoms with Gasteiger partial charge < -0.3 is 29.0 Å². The molecule has 0 spiro atoms. The number of fused-ring (bicyclic) bond motifs is 1. The van der Waals surface area contributed by atoms with Gasteiger partial charge in [0.1, 0.15) is 12.3 Å². The first-order valence-electron chi connectivity index (χ1n) is 10.5. The first-order chi connectivity index (χ1) is 15.1. The minimum Gasteiger partial charge on any atom is -0.507 e. The number of ketones is 1. The van der Waals surface area contributed by atoms with E-state index < -0.39 is 0 Å². The molecule has 0 aromatic heterocycles. The summed E-state index contributed by atoms with van der Waals surface area (Å²) in [6.07, 6.45) is 5.24. The van der Waals surface area contributed by atoms with E-state index in [-0.39, 0.29) is 17.3 Å². The summed E-state index contributed by atoms with van der Waals surface area (Å²) in [6, 6.07) is 6.73. The highest BCUT2D eigenvalue weighted by Crippen LogP contribution is 2.43. The number of piperidine rings is 1. The van der Waals surface area contributed by atoms with Crippen molar-refractivity contribution in [1.82, 2.24) is 0 Å². The fourth-order valence-electron chi connectivity index (χ4n) is 4.33. The topological polar surface area (TPSA) is 78.7 Å². The number of nitrogens with one attached hydrogen (secondary N) is 1. The molecule has 2 aliphatic rings. The first kappa shape index (κ1) is 21.1. The number of rotatable bonds is 6. The van der Waals surface area contributed by atoms with Crippen molar-refractivity contribution in [3.05, 3.63) is 46.7 Å². The van der Waals surface area contributed by atoms with Crippen LogP contribution in [0.5, 0.6) is 28.7 Å². The lowest BCUT2D eigenvalue weighted by molar-refractivity contribution is -0.918. The highest BCUT2D eigenvalue weighted by Gasteiger charge is 2.33. The van der Waals surface area contributed by atoms with Crippen LogP contribution >= 0.6 is 0 Å². The van der Waals surface area contributed by atoms with Gasteiger partial charge in [0, 0.05) is 5.56 Å². The van der Waals surface area contributed by atoms with E-state index in [9.17, 15) is 9.90 Å². The summed E-state index contributed by atoms with van der Waals surface area (Å²) in [5, 5.41) is 10.5. The van der Waals surface area contributed by atoms with Crippen LogP contribution in [0.3, 0.4) is 0 Å². The molecule has 2 aliphatic heterocycles. The van der Waals surface area contributed by atoms with Gasteiger partial charge in [0.2, 0.25) is 11.5 Å². The molecule has 0 bridgehead atoms. The second-order valence-electron chi connectivity index (χ2n) is 7.79. The van der Waals surface area contributed by atoms with E-state index >= 15 is 0 Å². The van der Waals surface area contributed by atoms with Gasteiger partial charge in [-0.05, 0) is 49.6 Å². The summed E-state index contributed by atoms with van der Waals surface area (Å²) >= 11 is 0. The van der Waals surface area contributed by atoms with E-state index in [1.54, 1.807) is 37.5 Å². The highest BCUT2D eigenvalue weighted by atomic mass is 16.5. The Hall–Kier alpha value is -3.19. The molecule has 7 nitrogen and oxygen atoms in total. The second-order valence-corrected chi connectivity index (χ2v) is 7.79. The summed E-state index contributed by atoms with van der Waals surface area (Å²) in [6.45, 7) is 2.75. The van der Waals surface area contributed by atoms with Gasteiger partial charge in [-0.1, -0.05) is 0 Å². The van der Waals surface area contributed by atoms with Gasteiger partial charge >= 0.3 is 0 Å². The van der Waals surface area contributed by atoms with E-state index in [4.69, 9.17) is 18.9 Å². The third-order valence-electron chi connectivity index (χ3n) is 5.92. The zero-order chi connectivity index (χ0) is 22.0. The van der Waals surface area contributed by atoms with Crippen LogP contribution in [-0.4, -0.2) is 45.3 Å². The number of likely N-dealkylation sites (tertiary alicyclic amines) is 1. The van der Waals surface area contributed by atoms with Crippen molar-refractivity contribution < 1.29 is 33.7 Å². The van der Waals surface area contributed by atoms with Crippen LogP contribution in [-0.2, 0) is 6.54 Å². The van der Waals surface area contributed by atoms with Crippen LogP contribution in [0.2, 0.25) is 0 Å². The zero-order valence-electron chi connectivity index (χ0n) is 18.1. The van der Waals surface area contributed by atoms with Crippen LogP contribution in [0.4, 0.5) is 0 Å². The molecule has 0 aliphatic carbocycles. The van der Waals surface area contributed by atoms with Gasteiger partial charge in [-0.2, -0.15) is 0 Å². The number of aromatic hydroxyl groups is 1. The van der Waals surface area contributed by atoms with E-state index in [0.29, 0.717) is 46.2 Å². The second kappa shape index (κ2) is 8.89. The van der Waals surface area contributed by atoms with Crippen LogP contribution in [0.15, 0.2) is 30.0 Å². The van der Waals surface area contributed by atoms with Crippen LogP contribution in [0, 0.1) is 0 Å². The number of Topliss-reactive ketones (excluding diaryl/α,β-unsaturated/α-hetero) is 1. The van der Waals surface area contributed by atoms with Gasteiger partial charge in [0.25, 0.3) is 0 Å². The van der Waals surface area contributed by atoms with Gasteiger partial charge in [0.05, 0.1) is 45.5 Å². The molecule has 164 valence electrons. The molecule has 31 heavy (non-hydrogen) atoms. The van der Waals surface area contributed by atoms with Crippen LogP contribution in [0.25, 0.3) is 6.08 Å². The zero-order valence-corrected chi connectivity index (χ0v) is 18.1. The maximum absolute atomic E-state index is 13.1. The molecule has 0 unspecified atom stereocenters. The van der Waals surface area contributed by atoms with Gasteiger partial charge in [-0.3, -0.25) is 4.79 Å². The fourth-order valence-corrected chi connectivity index (χ4v) is 4.33. The lowest BCUT2D eigenvalue weighted by atomic mass is 10.0. The average molecular weight is 426 g/mol. The quantitative estimate of drug-likeness (QED) is 0.692. The maximum Gasteiger partial charge on any atom is 0.231 e. The summed E-state index contributed by atoms with van der Waals surface area (Å²) < 4.78 is 22.3. The number of phenols is 1. The number of carbonyl (C=O) groups is 1. The number of quaternary nitrogens is 1. The molecule has 0 atom stereocenters. The Morgan fingerprint density at radius 1 is 1.00 bits per heavy atom. The summed E-state index contributed by atoms with van der Waals surface area (Å²) in [7, 11) is 4.61. The Kier molecular flexibility index (Phi) is 6.04. The molecule has 4 rings (SSSR count). The van der Waals surface area contributed by atoms with Crippen molar-refractivity contribution in [1.29, 1.82) is 0 Å². The molecular formula is C24H28NO6+. The molecule has 0 radical (unpaired) electrons.